The maximum atomic E-state index is 12.3. The highest BCUT2D eigenvalue weighted by molar-refractivity contribution is 5.97. The number of benzene rings is 1. The van der Waals surface area contributed by atoms with Crippen LogP contribution in [-0.2, 0) is 21.6 Å². The summed E-state index contributed by atoms with van der Waals surface area (Å²) in [6, 6.07) is 13.3. The first-order chi connectivity index (χ1) is 12.8. The average Bonchev–Trinajstić information content (AvgIpc) is 3.07. The van der Waals surface area contributed by atoms with Crippen LogP contribution in [0.3, 0.4) is 0 Å². The van der Waals surface area contributed by atoms with Gasteiger partial charge >= 0.3 is 5.97 Å². The summed E-state index contributed by atoms with van der Waals surface area (Å²) in [7, 11) is 0. The summed E-state index contributed by atoms with van der Waals surface area (Å²) in [5.41, 5.74) is 3.32. The van der Waals surface area contributed by atoms with Gasteiger partial charge in [-0.25, -0.2) is 4.98 Å². The van der Waals surface area contributed by atoms with Crippen molar-refractivity contribution in [3.05, 3.63) is 71.7 Å². The maximum Gasteiger partial charge on any atom is 0.306 e. The predicted molar refractivity (Wildman–Crippen MR) is 104 cm³/mol. The fourth-order valence-corrected chi connectivity index (χ4v) is 2.80. The van der Waals surface area contributed by atoms with E-state index in [4.69, 9.17) is 4.74 Å². The van der Waals surface area contributed by atoms with Gasteiger partial charge < -0.3 is 9.14 Å². The number of hydrogen-bond donors (Lipinski definition) is 0. The third kappa shape index (κ3) is 4.82. The van der Waals surface area contributed by atoms with Crippen LogP contribution in [0.4, 0.5) is 0 Å². The highest BCUT2D eigenvalue weighted by atomic mass is 16.5. The number of carbonyl (C=O) groups is 2. The zero-order chi connectivity index (χ0) is 19.4. The zero-order valence-corrected chi connectivity index (χ0v) is 15.9. The minimum absolute atomic E-state index is 0.0449. The van der Waals surface area contributed by atoms with Gasteiger partial charge in [0.15, 0.2) is 5.78 Å². The lowest BCUT2D eigenvalue weighted by Gasteiger charge is -2.18. The standard InChI is InChI=1S/C22H24N2O3/c1-22(2,3)17-9-7-16(8-10-17)19(25)11-12-21(26)27-15-18-14-24-13-5-4-6-20(24)23-18/h4-10,13-14H,11-12,15H2,1-3H3. The molecule has 140 valence electrons. The molecule has 0 aliphatic carbocycles. The molecule has 2 aromatic heterocycles. The molecule has 3 aromatic rings. The van der Waals surface area contributed by atoms with Crippen molar-refractivity contribution in [1.82, 2.24) is 9.38 Å². The molecule has 0 aliphatic rings. The highest BCUT2D eigenvalue weighted by Crippen LogP contribution is 2.22. The second-order valence-electron chi connectivity index (χ2n) is 7.61. The number of esters is 1. The number of pyridine rings is 1. The van der Waals surface area contributed by atoms with E-state index in [9.17, 15) is 9.59 Å². The summed E-state index contributed by atoms with van der Waals surface area (Å²) in [5.74, 6) is -0.452. The molecule has 0 atom stereocenters. The van der Waals surface area contributed by atoms with Crippen molar-refractivity contribution in [3.63, 3.8) is 0 Å². The van der Waals surface area contributed by atoms with E-state index in [1.807, 2.05) is 59.3 Å². The summed E-state index contributed by atoms with van der Waals surface area (Å²) in [6.45, 7) is 6.49. The SMILES string of the molecule is CC(C)(C)c1ccc(C(=O)CCC(=O)OCc2cn3ccccc3n2)cc1. The second-order valence-corrected chi connectivity index (χ2v) is 7.61. The molecule has 5 nitrogen and oxygen atoms in total. The van der Waals surface area contributed by atoms with Crippen LogP contribution in [0.2, 0.25) is 0 Å². The first-order valence-corrected chi connectivity index (χ1v) is 9.05. The Kier molecular flexibility index (Phi) is 5.40. The lowest BCUT2D eigenvalue weighted by Crippen LogP contribution is -2.12. The molecule has 3 rings (SSSR count). The van der Waals surface area contributed by atoms with Gasteiger partial charge in [0.1, 0.15) is 12.3 Å². The van der Waals surface area contributed by atoms with Crippen LogP contribution < -0.4 is 0 Å². The maximum absolute atomic E-state index is 12.3. The Morgan fingerprint density at radius 3 is 2.44 bits per heavy atom. The quantitative estimate of drug-likeness (QED) is 0.482. The Morgan fingerprint density at radius 2 is 1.78 bits per heavy atom. The third-order valence-corrected chi connectivity index (χ3v) is 4.42. The summed E-state index contributed by atoms with van der Waals surface area (Å²) < 4.78 is 7.11. The minimum atomic E-state index is -0.397. The van der Waals surface area contributed by atoms with Crippen LogP contribution in [0.15, 0.2) is 54.9 Å². The number of aromatic nitrogens is 2. The molecule has 0 saturated carbocycles. The molecule has 0 radical (unpaired) electrons. The molecule has 2 heterocycles. The van der Waals surface area contributed by atoms with Crippen LogP contribution in [0, 0.1) is 0 Å². The van der Waals surface area contributed by atoms with Crippen molar-refractivity contribution < 1.29 is 14.3 Å². The molecule has 0 saturated heterocycles. The fraction of sp³-hybridized carbons (Fsp3) is 0.318. The van der Waals surface area contributed by atoms with Crippen LogP contribution >= 0.6 is 0 Å². The molecule has 0 aliphatic heterocycles. The van der Waals surface area contributed by atoms with Gasteiger partial charge in [0, 0.05) is 24.4 Å². The molecule has 0 N–H and O–H groups in total. The Morgan fingerprint density at radius 1 is 1.04 bits per heavy atom. The van der Waals surface area contributed by atoms with E-state index in [1.165, 1.54) is 5.56 Å². The highest BCUT2D eigenvalue weighted by Gasteiger charge is 2.15. The van der Waals surface area contributed by atoms with E-state index >= 15 is 0 Å². The van der Waals surface area contributed by atoms with E-state index in [2.05, 4.69) is 25.8 Å². The Bertz CT molecular complexity index is 917. The van der Waals surface area contributed by atoms with Gasteiger partial charge in [-0.3, -0.25) is 9.59 Å². The number of fused-ring (bicyclic) bond motifs is 1. The Hall–Kier alpha value is -2.95. The molecule has 0 spiro atoms. The number of carbonyl (C=O) groups excluding carboxylic acids is 2. The fourth-order valence-electron chi connectivity index (χ4n) is 2.80. The van der Waals surface area contributed by atoms with E-state index in [-0.39, 0.29) is 30.6 Å². The molecule has 0 bridgehead atoms. The topological polar surface area (TPSA) is 60.7 Å². The monoisotopic (exact) mass is 364 g/mol. The minimum Gasteiger partial charge on any atom is -0.459 e. The van der Waals surface area contributed by atoms with Gasteiger partial charge in [0.25, 0.3) is 0 Å². The lowest BCUT2D eigenvalue weighted by atomic mass is 9.86. The largest absolute Gasteiger partial charge is 0.459 e. The number of ether oxygens (including phenoxy) is 1. The normalized spacial score (nSPS) is 11.5. The van der Waals surface area contributed by atoms with Gasteiger partial charge in [0.05, 0.1) is 12.1 Å². The van der Waals surface area contributed by atoms with Gasteiger partial charge in [0.2, 0.25) is 0 Å². The molecule has 27 heavy (non-hydrogen) atoms. The van der Waals surface area contributed by atoms with Crippen molar-refractivity contribution in [1.29, 1.82) is 0 Å². The third-order valence-electron chi connectivity index (χ3n) is 4.42. The predicted octanol–water partition coefficient (Wildman–Crippen LogP) is 4.34. The number of nitrogens with zero attached hydrogens (tertiary/aromatic N) is 2. The van der Waals surface area contributed by atoms with Crippen molar-refractivity contribution >= 4 is 17.4 Å². The molecule has 0 unspecified atom stereocenters. The van der Waals surface area contributed by atoms with Gasteiger partial charge in [-0.15, -0.1) is 0 Å². The summed E-state index contributed by atoms with van der Waals surface area (Å²) in [5, 5.41) is 0. The molecule has 5 heteroatoms. The molecule has 1 aromatic carbocycles. The summed E-state index contributed by atoms with van der Waals surface area (Å²) in [6.07, 6.45) is 3.91. The smallest absolute Gasteiger partial charge is 0.306 e. The van der Waals surface area contributed by atoms with E-state index in [0.717, 1.165) is 5.65 Å². The van der Waals surface area contributed by atoms with E-state index < -0.39 is 5.97 Å². The average molecular weight is 364 g/mol. The van der Waals surface area contributed by atoms with Crippen LogP contribution in [0.1, 0.15) is 55.2 Å². The van der Waals surface area contributed by atoms with E-state index in [1.54, 1.807) is 0 Å². The first-order valence-electron chi connectivity index (χ1n) is 9.05. The summed E-state index contributed by atoms with van der Waals surface area (Å²) >= 11 is 0. The number of rotatable bonds is 6. The van der Waals surface area contributed by atoms with Crippen molar-refractivity contribution in [3.8, 4) is 0 Å². The second kappa shape index (κ2) is 7.74. The number of ketones is 1. The number of hydrogen-bond acceptors (Lipinski definition) is 4. The number of imidazole rings is 1. The van der Waals surface area contributed by atoms with E-state index in [0.29, 0.717) is 11.3 Å². The molecular formula is C22H24N2O3. The Balaban J connectivity index is 1.49. The van der Waals surface area contributed by atoms with Crippen molar-refractivity contribution in [2.45, 2.75) is 45.6 Å². The van der Waals surface area contributed by atoms with Crippen molar-refractivity contribution in [2.24, 2.45) is 0 Å². The van der Waals surface area contributed by atoms with Crippen LogP contribution in [-0.4, -0.2) is 21.1 Å². The van der Waals surface area contributed by atoms with Gasteiger partial charge in [-0.05, 0) is 23.1 Å². The van der Waals surface area contributed by atoms with Crippen LogP contribution in [0.5, 0.6) is 0 Å². The number of Topliss-reactive ketones (excluding diaryl/α,β-unsaturated/α-hetero) is 1. The zero-order valence-electron chi connectivity index (χ0n) is 15.9. The lowest BCUT2D eigenvalue weighted by molar-refractivity contribution is -0.145. The summed E-state index contributed by atoms with van der Waals surface area (Å²) in [4.78, 5) is 28.6. The van der Waals surface area contributed by atoms with Crippen molar-refractivity contribution in [2.75, 3.05) is 0 Å². The first kappa shape index (κ1) is 18.8. The Labute approximate surface area is 159 Å². The molecule has 0 amide bonds. The van der Waals surface area contributed by atoms with Gasteiger partial charge in [-0.1, -0.05) is 51.1 Å². The van der Waals surface area contributed by atoms with Gasteiger partial charge in [-0.2, -0.15) is 0 Å². The molecular weight excluding hydrogens is 340 g/mol. The molecule has 0 fully saturated rings. The van der Waals surface area contributed by atoms with Crippen LogP contribution in [0.25, 0.3) is 5.65 Å².